The Kier molecular flexibility index (Phi) is 10.3. The molecule has 1 atom stereocenters. The van der Waals surface area contributed by atoms with Gasteiger partial charge in [-0.2, -0.15) is 0 Å². The summed E-state index contributed by atoms with van der Waals surface area (Å²) in [5, 5.41) is 18.6. The average Bonchev–Trinajstić information content (AvgIpc) is 2.52. The van der Waals surface area contributed by atoms with Crippen LogP contribution in [0.5, 0.6) is 5.75 Å². The van der Waals surface area contributed by atoms with Crippen LogP contribution < -0.4 is 5.73 Å². The van der Waals surface area contributed by atoms with Gasteiger partial charge in [0.15, 0.2) is 5.78 Å². The number of nitrogens with two attached hydrogens (primary N) is 1. The Labute approximate surface area is 139 Å². The molecule has 0 spiro atoms. The fourth-order valence-corrected chi connectivity index (χ4v) is 2.72. The molecule has 0 aliphatic carbocycles. The molecule has 1 unspecified atom stereocenters. The molecule has 0 aliphatic heterocycles. The highest BCUT2D eigenvalue weighted by Gasteiger charge is 2.09. The van der Waals surface area contributed by atoms with Crippen LogP contribution in [0.4, 0.5) is 0 Å². The molecule has 4 N–H and O–H groups in total. The second-order valence-electron chi connectivity index (χ2n) is 6.23. The van der Waals surface area contributed by atoms with Gasteiger partial charge in [-0.25, -0.2) is 0 Å². The molecular formula is C19H31NO3. The number of rotatable bonds is 13. The zero-order chi connectivity index (χ0) is 16.9. The number of ketones is 1. The number of unbranched alkanes of at least 4 members (excludes halogenated alkanes) is 8. The molecule has 0 saturated carbocycles. The first-order valence-corrected chi connectivity index (χ1v) is 8.86. The Bertz CT molecular complexity index is 446. The standard InChI is InChI=1S/C19H31NO3/c20-19(23)15-9-7-5-3-1-2-4-6-8-13-17(21)16-12-10-11-14-18(16)22/h10-12,14,19,22-23H,1-9,13,15,20H2. The van der Waals surface area contributed by atoms with E-state index >= 15 is 0 Å². The lowest BCUT2D eigenvalue weighted by molar-refractivity contribution is 0.0976. The first-order valence-electron chi connectivity index (χ1n) is 8.86. The fourth-order valence-electron chi connectivity index (χ4n) is 2.72. The number of benzene rings is 1. The van der Waals surface area contributed by atoms with Gasteiger partial charge in [0.25, 0.3) is 0 Å². The van der Waals surface area contributed by atoms with E-state index in [0.717, 1.165) is 32.1 Å². The van der Waals surface area contributed by atoms with Gasteiger partial charge in [-0.05, 0) is 31.4 Å². The molecule has 0 saturated heterocycles. The van der Waals surface area contributed by atoms with Crippen LogP contribution in [-0.2, 0) is 0 Å². The van der Waals surface area contributed by atoms with Crippen LogP contribution in [0.3, 0.4) is 0 Å². The maximum absolute atomic E-state index is 12.0. The SMILES string of the molecule is NC(O)CCCCCCCCCCCC(=O)c1ccccc1O. The number of hydrogen-bond donors (Lipinski definition) is 3. The van der Waals surface area contributed by atoms with Crippen molar-refractivity contribution in [1.82, 2.24) is 0 Å². The molecule has 0 aromatic heterocycles. The predicted octanol–water partition coefficient (Wildman–Crippen LogP) is 4.14. The third-order valence-electron chi connectivity index (χ3n) is 4.11. The van der Waals surface area contributed by atoms with Crippen molar-refractivity contribution in [3.05, 3.63) is 29.8 Å². The zero-order valence-electron chi connectivity index (χ0n) is 14.0. The molecule has 1 rings (SSSR count). The van der Waals surface area contributed by atoms with Gasteiger partial charge >= 0.3 is 0 Å². The number of aliphatic hydroxyl groups is 1. The molecule has 4 nitrogen and oxygen atoms in total. The van der Waals surface area contributed by atoms with Gasteiger partial charge in [0.2, 0.25) is 0 Å². The molecule has 0 heterocycles. The lowest BCUT2D eigenvalue weighted by Gasteiger charge is -2.05. The summed E-state index contributed by atoms with van der Waals surface area (Å²) in [7, 11) is 0. The molecule has 0 bridgehead atoms. The fraction of sp³-hybridized carbons (Fsp3) is 0.632. The number of Topliss-reactive ketones (excluding diaryl/α,β-unsaturated/α-hetero) is 1. The van der Waals surface area contributed by atoms with E-state index in [0.29, 0.717) is 18.4 Å². The van der Waals surface area contributed by atoms with Crippen molar-refractivity contribution in [2.24, 2.45) is 5.73 Å². The van der Waals surface area contributed by atoms with Crippen molar-refractivity contribution in [2.75, 3.05) is 0 Å². The Morgan fingerprint density at radius 3 is 2.00 bits per heavy atom. The van der Waals surface area contributed by atoms with Gasteiger partial charge < -0.3 is 15.9 Å². The Hall–Kier alpha value is -1.39. The van der Waals surface area contributed by atoms with Crippen molar-refractivity contribution in [2.45, 2.75) is 76.9 Å². The molecule has 0 fully saturated rings. The highest BCUT2D eigenvalue weighted by atomic mass is 16.3. The van der Waals surface area contributed by atoms with Crippen LogP contribution in [0.15, 0.2) is 24.3 Å². The summed E-state index contributed by atoms with van der Waals surface area (Å²) in [4.78, 5) is 12.0. The van der Waals surface area contributed by atoms with Crippen molar-refractivity contribution in [1.29, 1.82) is 0 Å². The molecule has 4 heteroatoms. The summed E-state index contributed by atoms with van der Waals surface area (Å²) >= 11 is 0. The van der Waals surface area contributed by atoms with E-state index in [9.17, 15) is 9.90 Å². The van der Waals surface area contributed by atoms with Crippen LogP contribution in [0.25, 0.3) is 0 Å². The highest BCUT2D eigenvalue weighted by molar-refractivity contribution is 5.98. The van der Waals surface area contributed by atoms with Crippen molar-refractivity contribution < 1.29 is 15.0 Å². The lowest BCUT2D eigenvalue weighted by atomic mass is 10.0. The third kappa shape index (κ3) is 9.36. The number of carbonyl (C=O) groups is 1. The van der Waals surface area contributed by atoms with Gasteiger partial charge in [-0.15, -0.1) is 0 Å². The highest BCUT2D eigenvalue weighted by Crippen LogP contribution is 2.19. The van der Waals surface area contributed by atoms with E-state index in [-0.39, 0.29) is 11.5 Å². The minimum absolute atomic E-state index is 0.0326. The monoisotopic (exact) mass is 321 g/mol. The molecule has 1 aromatic rings. The maximum Gasteiger partial charge on any atom is 0.166 e. The molecule has 23 heavy (non-hydrogen) atoms. The van der Waals surface area contributed by atoms with Gasteiger partial charge in [0.05, 0.1) is 5.56 Å². The van der Waals surface area contributed by atoms with Gasteiger partial charge in [0, 0.05) is 6.42 Å². The van der Waals surface area contributed by atoms with Crippen molar-refractivity contribution >= 4 is 5.78 Å². The number of hydrogen-bond acceptors (Lipinski definition) is 4. The van der Waals surface area contributed by atoms with Gasteiger partial charge in [-0.3, -0.25) is 4.79 Å². The zero-order valence-corrected chi connectivity index (χ0v) is 14.0. The summed E-state index contributed by atoms with van der Waals surface area (Å²) in [6.45, 7) is 0. The number of aliphatic hydroxyl groups excluding tert-OH is 1. The summed E-state index contributed by atoms with van der Waals surface area (Å²) in [6.07, 6.45) is 10.7. The maximum atomic E-state index is 12.0. The van der Waals surface area contributed by atoms with Crippen LogP contribution in [0, 0.1) is 0 Å². The van der Waals surface area contributed by atoms with Crippen molar-refractivity contribution in [3.8, 4) is 5.75 Å². The molecule has 0 amide bonds. The third-order valence-corrected chi connectivity index (χ3v) is 4.11. The number of phenols is 1. The number of carbonyl (C=O) groups excluding carboxylic acids is 1. The van der Waals surface area contributed by atoms with Crippen LogP contribution in [0.1, 0.15) is 81.0 Å². The molecule has 130 valence electrons. The summed E-state index contributed by atoms with van der Waals surface area (Å²) < 4.78 is 0. The normalized spacial score (nSPS) is 12.3. The first-order chi connectivity index (χ1) is 11.1. The van der Waals surface area contributed by atoms with Gasteiger partial charge in [-0.1, -0.05) is 57.1 Å². The van der Waals surface area contributed by atoms with E-state index in [2.05, 4.69) is 0 Å². The molecule has 1 aromatic carbocycles. The quantitative estimate of drug-likeness (QED) is 0.289. The van der Waals surface area contributed by atoms with E-state index in [1.165, 1.54) is 25.7 Å². The van der Waals surface area contributed by atoms with E-state index < -0.39 is 6.23 Å². The van der Waals surface area contributed by atoms with E-state index in [4.69, 9.17) is 10.8 Å². The summed E-state index contributed by atoms with van der Waals surface area (Å²) in [5.41, 5.74) is 5.73. The Morgan fingerprint density at radius 1 is 0.913 bits per heavy atom. The number of phenolic OH excluding ortho intramolecular Hbond substituents is 1. The van der Waals surface area contributed by atoms with Gasteiger partial charge in [0.1, 0.15) is 12.0 Å². The Balaban J connectivity index is 1.94. The smallest absolute Gasteiger partial charge is 0.166 e. The predicted molar refractivity (Wildman–Crippen MR) is 93.4 cm³/mol. The lowest BCUT2D eigenvalue weighted by Crippen LogP contribution is -2.17. The van der Waals surface area contributed by atoms with E-state index in [1.54, 1.807) is 24.3 Å². The Morgan fingerprint density at radius 2 is 1.43 bits per heavy atom. The largest absolute Gasteiger partial charge is 0.507 e. The minimum Gasteiger partial charge on any atom is -0.507 e. The second kappa shape index (κ2) is 12.1. The summed E-state index contributed by atoms with van der Waals surface area (Å²) in [6, 6.07) is 6.74. The minimum atomic E-state index is -0.657. The summed E-state index contributed by atoms with van der Waals surface area (Å²) in [5.74, 6) is 0.116. The molecule has 0 radical (unpaired) electrons. The number of aromatic hydroxyl groups is 1. The number of para-hydroxylation sites is 1. The molecular weight excluding hydrogens is 290 g/mol. The second-order valence-corrected chi connectivity index (χ2v) is 6.23. The van der Waals surface area contributed by atoms with Crippen LogP contribution >= 0.6 is 0 Å². The van der Waals surface area contributed by atoms with Crippen LogP contribution in [-0.4, -0.2) is 22.2 Å². The van der Waals surface area contributed by atoms with Crippen LogP contribution in [0.2, 0.25) is 0 Å². The van der Waals surface area contributed by atoms with Crippen molar-refractivity contribution in [3.63, 3.8) is 0 Å². The molecule has 0 aliphatic rings. The average molecular weight is 321 g/mol. The first kappa shape index (κ1) is 19.7. The topological polar surface area (TPSA) is 83.5 Å². The van der Waals surface area contributed by atoms with E-state index in [1.807, 2.05) is 0 Å².